The highest BCUT2D eigenvalue weighted by Crippen LogP contribution is 2.38. The van der Waals surface area contributed by atoms with E-state index in [0.29, 0.717) is 17.4 Å². The molecule has 0 radical (unpaired) electrons. The average molecular weight is 1010 g/mol. The summed E-state index contributed by atoms with van der Waals surface area (Å²) in [5.74, 6) is -0.207. The summed E-state index contributed by atoms with van der Waals surface area (Å²) in [7, 11) is 1.24. The van der Waals surface area contributed by atoms with Gasteiger partial charge in [0.25, 0.3) is 7.82 Å². The number of hydrogen-bond acceptors (Lipinski definition) is 6. The second-order valence-electron chi connectivity index (χ2n) is 21.0. The van der Waals surface area contributed by atoms with Crippen LogP contribution in [0.1, 0.15) is 251 Å². The maximum absolute atomic E-state index is 12.9. The number of carbonyl (C=O) groups is 1. The predicted octanol–water partition coefficient (Wildman–Crippen LogP) is 17.4. The van der Waals surface area contributed by atoms with Crippen LogP contribution >= 0.6 is 7.82 Å². The molecule has 412 valence electrons. The molecule has 0 aliphatic rings. The molecule has 3 atom stereocenters. The number of likely N-dealkylation sites (N-methyl/N-ethyl adjacent to an activating group) is 1. The Labute approximate surface area is 439 Å². The summed E-state index contributed by atoms with van der Waals surface area (Å²) < 4.78 is 23.3. The summed E-state index contributed by atoms with van der Waals surface area (Å²) in [6.07, 6.45) is 73.9. The number of nitrogens with zero attached hydrogens (tertiary/aromatic N) is 1. The van der Waals surface area contributed by atoms with Crippen molar-refractivity contribution in [2.24, 2.45) is 0 Å². The maximum Gasteiger partial charge on any atom is 0.268 e. The minimum absolute atomic E-state index is 0.00781. The molecule has 0 aromatic heterocycles. The van der Waals surface area contributed by atoms with Gasteiger partial charge in [0.2, 0.25) is 5.91 Å². The first-order chi connectivity index (χ1) is 34.5. The van der Waals surface area contributed by atoms with Gasteiger partial charge in [-0.1, -0.05) is 253 Å². The SMILES string of the molecule is CC/C=C\C/C=C\C/C=C\C/C=C\C/C=C\CCCCCCCCCCCCCCCCCCCCCC(=O)NC(COP(=O)([O-])OCC[N+](C)(C)C)C(O)/C=C/CC/C=C/CCCCCCCCCC. The van der Waals surface area contributed by atoms with E-state index in [1.54, 1.807) is 6.08 Å². The van der Waals surface area contributed by atoms with Crippen LogP contribution in [0.5, 0.6) is 0 Å². The molecule has 0 heterocycles. The van der Waals surface area contributed by atoms with Crippen LogP contribution in [-0.4, -0.2) is 68.5 Å². The summed E-state index contributed by atoms with van der Waals surface area (Å²) in [6.45, 7) is 4.51. The molecule has 0 saturated heterocycles. The molecule has 0 fully saturated rings. The zero-order chi connectivity index (χ0) is 52.0. The van der Waals surface area contributed by atoms with Crippen LogP contribution in [0, 0.1) is 0 Å². The van der Waals surface area contributed by atoms with Crippen molar-refractivity contribution in [1.82, 2.24) is 5.32 Å². The third-order valence-corrected chi connectivity index (χ3v) is 13.8. The number of quaternary nitrogens is 1. The molecule has 0 aromatic carbocycles. The van der Waals surface area contributed by atoms with E-state index >= 15 is 0 Å². The Balaban J connectivity index is 4.03. The van der Waals surface area contributed by atoms with Gasteiger partial charge in [-0.3, -0.25) is 9.36 Å². The number of nitrogens with one attached hydrogen (secondary N) is 1. The zero-order valence-electron chi connectivity index (χ0n) is 46.9. The highest BCUT2D eigenvalue weighted by molar-refractivity contribution is 7.45. The van der Waals surface area contributed by atoms with Crippen LogP contribution < -0.4 is 10.2 Å². The number of hydrogen-bond donors (Lipinski definition) is 2. The van der Waals surface area contributed by atoms with Gasteiger partial charge in [-0.15, -0.1) is 0 Å². The minimum Gasteiger partial charge on any atom is -0.756 e. The van der Waals surface area contributed by atoms with E-state index in [1.807, 2.05) is 27.2 Å². The number of aliphatic hydroxyl groups is 1. The summed E-state index contributed by atoms with van der Waals surface area (Å²) in [6, 6.07) is -0.905. The van der Waals surface area contributed by atoms with Crippen molar-refractivity contribution in [2.75, 3.05) is 40.9 Å². The van der Waals surface area contributed by atoms with Gasteiger partial charge in [0.15, 0.2) is 0 Å². The smallest absolute Gasteiger partial charge is 0.268 e. The third-order valence-electron chi connectivity index (χ3n) is 12.8. The van der Waals surface area contributed by atoms with E-state index in [9.17, 15) is 19.4 Å². The number of amides is 1. The molecule has 0 spiro atoms. The van der Waals surface area contributed by atoms with E-state index < -0.39 is 26.6 Å². The summed E-state index contributed by atoms with van der Waals surface area (Å²) >= 11 is 0. The monoisotopic (exact) mass is 1010 g/mol. The fourth-order valence-electron chi connectivity index (χ4n) is 8.26. The van der Waals surface area contributed by atoms with Crippen molar-refractivity contribution in [3.8, 4) is 0 Å². The number of unbranched alkanes of at least 4 members (excludes halogenated alkanes) is 28. The molecule has 2 N–H and O–H groups in total. The molecule has 71 heavy (non-hydrogen) atoms. The molecule has 0 aromatic rings. The van der Waals surface area contributed by atoms with Gasteiger partial charge in [-0.25, -0.2) is 0 Å². The molecule has 0 rings (SSSR count). The molecular weight excluding hydrogens is 900 g/mol. The van der Waals surface area contributed by atoms with E-state index in [0.717, 1.165) is 70.6 Å². The van der Waals surface area contributed by atoms with Crippen molar-refractivity contribution in [3.63, 3.8) is 0 Å². The highest BCUT2D eigenvalue weighted by atomic mass is 31.2. The largest absolute Gasteiger partial charge is 0.756 e. The lowest BCUT2D eigenvalue weighted by molar-refractivity contribution is -0.870. The fraction of sp³-hybridized carbons (Fsp3) is 0.758. The van der Waals surface area contributed by atoms with Crippen LogP contribution in [0.4, 0.5) is 0 Å². The molecular formula is C62H113N2O6P. The Morgan fingerprint density at radius 1 is 0.507 bits per heavy atom. The maximum atomic E-state index is 12.9. The predicted molar refractivity (Wildman–Crippen MR) is 307 cm³/mol. The van der Waals surface area contributed by atoms with E-state index in [2.05, 4.69) is 92.1 Å². The minimum atomic E-state index is -4.60. The van der Waals surface area contributed by atoms with Crippen molar-refractivity contribution < 1.29 is 32.9 Å². The summed E-state index contributed by atoms with van der Waals surface area (Å²) in [5, 5.41) is 13.8. The Hall–Kier alpha value is -2.32. The fourth-order valence-corrected chi connectivity index (χ4v) is 8.98. The molecule has 0 bridgehead atoms. The molecule has 9 heteroatoms. The van der Waals surface area contributed by atoms with Gasteiger partial charge in [-0.05, 0) is 77.0 Å². The standard InChI is InChI=1S/C62H113N2O6P/c1-6-8-10-12-14-16-18-20-22-23-24-25-26-27-28-29-30-31-32-33-34-35-36-37-38-39-40-41-42-44-46-48-50-52-54-56-62(66)63-60(59-70-71(67,68)69-58-57-64(3,4)5)61(65)55-53-51-49-47-45-43-21-19-17-15-13-11-9-7-2/h8,10,14,16,20,22,24-25,27-28,45,47,53,55,60-61,65H,6-7,9,11-13,15,17-19,21,23,26,29-44,46,48-52,54,56-59H2,1-5H3,(H-,63,66,67,68)/b10-8-,16-14-,22-20-,25-24-,28-27-,47-45+,55-53+. The topological polar surface area (TPSA) is 108 Å². The third kappa shape index (κ3) is 55.3. The normalized spacial score (nSPS) is 14.5. The van der Waals surface area contributed by atoms with Gasteiger partial charge in [0.05, 0.1) is 39.9 Å². The Kier molecular flexibility index (Phi) is 50.8. The number of carbonyl (C=O) groups excluding carboxylic acids is 1. The molecule has 1 amide bonds. The first-order valence-corrected chi connectivity index (χ1v) is 30.9. The van der Waals surface area contributed by atoms with Gasteiger partial charge in [-0.2, -0.15) is 0 Å². The van der Waals surface area contributed by atoms with Gasteiger partial charge >= 0.3 is 0 Å². The highest BCUT2D eigenvalue weighted by Gasteiger charge is 2.23. The molecule has 0 aliphatic heterocycles. The Morgan fingerprint density at radius 2 is 0.873 bits per heavy atom. The van der Waals surface area contributed by atoms with E-state index in [1.165, 1.54) is 161 Å². The van der Waals surface area contributed by atoms with E-state index in [-0.39, 0.29) is 12.5 Å². The second kappa shape index (κ2) is 52.5. The summed E-state index contributed by atoms with van der Waals surface area (Å²) in [5.41, 5.74) is 0. The second-order valence-corrected chi connectivity index (χ2v) is 22.4. The lowest BCUT2D eigenvalue weighted by atomic mass is 10.0. The Bertz CT molecular complexity index is 1430. The van der Waals surface area contributed by atoms with Crippen LogP contribution in [0.25, 0.3) is 0 Å². The first-order valence-electron chi connectivity index (χ1n) is 29.4. The molecule has 8 nitrogen and oxygen atoms in total. The van der Waals surface area contributed by atoms with Crippen molar-refractivity contribution in [3.05, 3.63) is 85.1 Å². The number of rotatable bonds is 53. The van der Waals surface area contributed by atoms with Crippen molar-refractivity contribution >= 4 is 13.7 Å². The lowest BCUT2D eigenvalue weighted by Gasteiger charge is -2.29. The van der Waals surface area contributed by atoms with Crippen molar-refractivity contribution in [2.45, 2.75) is 264 Å². The molecule has 3 unspecified atom stereocenters. The van der Waals surface area contributed by atoms with Gasteiger partial charge in [0.1, 0.15) is 13.2 Å². The van der Waals surface area contributed by atoms with Crippen molar-refractivity contribution in [1.29, 1.82) is 0 Å². The van der Waals surface area contributed by atoms with Crippen LogP contribution in [-0.2, 0) is 18.4 Å². The number of phosphoric ester groups is 1. The number of phosphoric acid groups is 1. The lowest BCUT2D eigenvalue weighted by Crippen LogP contribution is -2.45. The van der Waals surface area contributed by atoms with Gasteiger partial charge in [0, 0.05) is 6.42 Å². The quantitative estimate of drug-likeness (QED) is 0.0272. The van der Waals surface area contributed by atoms with Crippen LogP contribution in [0.15, 0.2) is 85.1 Å². The van der Waals surface area contributed by atoms with E-state index in [4.69, 9.17) is 9.05 Å². The Morgan fingerprint density at radius 3 is 1.31 bits per heavy atom. The van der Waals surface area contributed by atoms with Gasteiger partial charge < -0.3 is 28.8 Å². The summed E-state index contributed by atoms with van der Waals surface area (Å²) in [4.78, 5) is 25.5. The molecule has 0 aliphatic carbocycles. The van der Waals surface area contributed by atoms with Crippen LogP contribution in [0.3, 0.4) is 0 Å². The number of allylic oxidation sites excluding steroid dienone is 13. The van der Waals surface area contributed by atoms with Crippen LogP contribution in [0.2, 0.25) is 0 Å². The molecule has 0 saturated carbocycles. The zero-order valence-corrected chi connectivity index (χ0v) is 47.8. The first kappa shape index (κ1) is 68.7. The average Bonchev–Trinajstić information content (AvgIpc) is 3.33. The number of aliphatic hydroxyl groups excluding tert-OH is 1.